The first-order valence-electron chi connectivity index (χ1n) is 7.87. The summed E-state index contributed by atoms with van der Waals surface area (Å²) in [5.74, 6) is 0. The van der Waals surface area contributed by atoms with Gasteiger partial charge in [-0.2, -0.15) is 0 Å². The normalized spacial score (nSPS) is 16.4. The van der Waals surface area contributed by atoms with Gasteiger partial charge in [-0.25, -0.2) is 0 Å². The summed E-state index contributed by atoms with van der Waals surface area (Å²) < 4.78 is 0. The van der Waals surface area contributed by atoms with Crippen LogP contribution >= 0.6 is 0 Å². The van der Waals surface area contributed by atoms with Crippen molar-refractivity contribution in [1.29, 1.82) is 0 Å². The highest BCUT2D eigenvalue weighted by Gasteiger charge is 2.09. The molecule has 21 heavy (non-hydrogen) atoms. The van der Waals surface area contributed by atoms with Gasteiger partial charge in [-0.05, 0) is 43.5 Å². The van der Waals surface area contributed by atoms with Crippen LogP contribution in [0, 0.1) is 0 Å². The molecule has 0 spiro atoms. The zero-order chi connectivity index (χ0) is 14.5. The minimum absolute atomic E-state index is 0.0131. The standard InChI is InChI=1S/C17H23N3O/c21-17-15(12-14-6-2-3-7-16(14)19-17)13-18-8-11-20-9-4-1-5-10-20/h2-3,6-7,12,18H,1,4-5,8-11,13H2,(H,19,21). The lowest BCUT2D eigenvalue weighted by molar-refractivity contribution is 0.229. The summed E-state index contributed by atoms with van der Waals surface area (Å²) in [5, 5.41) is 4.48. The molecule has 0 radical (unpaired) electrons. The summed E-state index contributed by atoms with van der Waals surface area (Å²) in [6, 6.07) is 9.89. The monoisotopic (exact) mass is 285 g/mol. The highest BCUT2D eigenvalue weighted by atomic mass is 16.1. The van der Waals surface area contributed by atoms with Crippen LogP contribution in [0.3, 0.4) is 0 Å². The second-order valence-electron chi connectivity index (χ2n) is 5.79. The molecule has 1 aromatic carbocycles. The van der Waals surface area contributed by atoms with Crippen molar-refractivity contribution in [2.75, 3.05) is 26.2 Å². The minimum atomic E-state index is 0.0131. The van der Waals surface area contributed by atoms with Gasteiger partial charge in [0.25, 0.3) is 5.56 Å². The SMILES string of the molecule is O=c1[nH]c2ccccc2cc1CNCCN1CCCCC1. The van der Waals surface area contributed by atoms with Gasteiger partial charge in [0.1, 0.15) is 0 Å². The lowest BCUT2D eigenvalue weighted by Crippen LogP contribution is -2.36. The first-order chi connectivity index (χ1) is 10.3. The number of nitrogens with one attached hydrogen (secondary N) is 2. The molecule has 0 atom stereocenters. The molecule has 1 aliphatic heterocycles. The molecule has 0 bridgehead atoms. The van der Waals surface area contributed by atoms with E-state index in [1.54, 1.807) is 0 Å². The number of H-pyrrole nitrogens is 1. The zero-order valence-corrected chi connectivity index (χ0v) is 12.4. The predicted molar refractivity (Wildman–Crippen MR) is 86.6 cm³/mol. The van der Waals surface area contributed by atoms with Crippen LogP contribution in [0.4, 0.5) is 0 Å². The number of nitrogens with zero attached hydrogens (tertiary/aromatic N) is 1. The molecule has 0 amide bonds. The fraction of sp³-hybridized carbons (Fsp3) is 0.471. The number of fused-ring (bicyclic) bond motifs is 1. The van der Waals surface area contributed by atoms with Gasteiger partial charge in [-0.1, -0.05) is 24.6 Å². The molecule has 1 aromatic heterocycles. The van der Waals surface area contributed by atoms with E-state index in [9.17, 15) is 4.79 Å². The predicted octanol–water partition coefficient (Wildman–Crippen LogP) is 2.10. The van der Waals surface area contributed by atoms with Gasteiger partial charge < -0.3 is 15.2 Å². The molecular weight excluding hydrogens is 262 g/mol. The maximum atomic E-state index is 12.0. The second kappa shape index (κ2) is 6.87. The number of benzene rings is 1. The summed E-state index contributed by atoms with van der Waals surface area (Å²) >= 11 is 0. The molecule has 0 unspecified atom stereocenters. The van der Waals surface area contributed by atoms with Crippen molar-refractivity contribution in [2.45, 2.75) is 25.8 Å². The maximum absolute atomic E-state index is 12.0. The van der Waals surface area contributed by atoms with E-state index in [4.69, 9.17) is 0 Å². The van der Waals surface area contributed by atoms with Crippen LogP contribution in [-0.4, -0.2) is 36.1 Å². The second-order valence-corrected chi connectivity index (χ2v) is 5.79. The van der Waals surface area contributed by atoms with E-state index in [-0.39, 0.29) is 5.56 Å². The smallest absolute Gasteiger partial charge is 0.252 e. The van der Waals surface area contributed by atoms with Gasteiger partial charge in [-0.15, -0.1) is 0 Å². The molecule has 3 rings (SSSR count). The van der Waals surface area contributed by atoms with E-state index in [0.717, 1.165) is 29.6 Å². The van der Waals surface area contributed by atoms with Gasteiger partial charge in [0.2, 0.25) is 0 Å². The number of likely N-dealkylation sites (tertiary alicyclic amines) is 1. The minimum Gasteiger partial charge on any atom is -0.322 e. The lowest BCUT2D eigenvalue weighted by atomic mass is 10.1. The Morgan fingerprint density at radius 2 is 1.95 bits per heavy atom. The summed E-state index contributed by atoms with van der Waals surface area (Å²) in [5.41, 5.74) is 1.73. The van der Waals surface area contributed by atoms with Crippen LogP contribution in [-0.2, 0) is 6.54 Å². The Labute approximate surface area is 125 Å². The highest BCUT2D eigenvalue weighted by molar-refractivity contribution is 5.78. The number of hydrogen-bond donors (Lipinski definition) is 2. The van der Waals surface area contributed by atoms with Crippen molar-refractivity contribution in [1.82, 2.24) is 15.2 Å². The Bertz CT molecular complexity index is 644. The van der Waals surface area contributed by atoms with E-state index in [1.165, 1.54) is 32.4 Å². The molecule has 4 heteroatoms. The third-order valence-electron chi connectivity index (χ3n) is 4.20. The quantitative estimate of drug-likeness (QED) is 0.827. The molecule has 2 heterocycles. The number of piperidine rings is 1. The Morgan fingerprint density at radius 3 is 2.81 bits per heavy atom. The van der Waals surface area contributed by atoms with Crippen molar-refractivity contribution in [2.24, 2.45) is 0 Å². The highest BCUT2D eigenvalue weighted by Crippen LogP contribution is 2.10. The van der Waals surface area contributed by atoms with Crippen molar-refractivity contribution in [3.63, 3.8) is 0 Å². The molecule has 1 fully saturated rings. The van der Waals surface area contributed by atoms with Crippen molar-refractivity contribution in [3.8, 4) is 0 Å². The summed E-state index contributed by atoms with van der Waals surface area (Å²) in [7, 11) is 0. The fourth-order valence-corrected chi connectivity index (χ4v) is 2.97. The van der Waals surface area contributed by atoms with Gasteiger partial charge in [-0.3, -0.25) is 4.79 Å². The Kier molecular flexibility index (Phi) is 4.68. The topological polar surface area (TPSA) is 48.1 Å². The molecule has 0 aliphatic carbocycles. The average Bonchev–Trinajstić information content (AvgIpc) is 2.53. The van der Waals surface area contributed by atoms with E-state index < -0.39 is 0 Å². The maximum Gasteiger partial charge on any atom is 0.252 e. The van der Waals surface area contributed by atoms with Crippen LogP contribution in [0.25, 0.3) is 10.9 Å². The van der Waals surface area contributed by atoms with E-state index in [2.05, 4.69) is 15.2 Å². The van der Waals surface area contributed by atoms with Gasteiger partial charge >= 0.3 is 0 Å². The van der Waals surface area contributed by atoms with Crippen molar-refractivity contribution < 1.29 is 0 Å². The van der Waals surface area contributed by atoms with Crippen LogP contribution in [0.15, 0.2) is 35.1 Å². The largest absolute Gasteiger partial charge is 0.322 e. The third kappa shape index (κ3) is 3.71. The van der Waals surface area contributed by atoms with Gasteiger partial charge in [0.05, 0.1) is 0 Å². The van der Waals surface area contributed by atoms with Crippen LogP contribution in [0.2, 0.25) is 0 Å². The van der Waals surface area contributed by atoms with E-state index in [1.807, 2.05) is 30.3 Å². The first-order valence-corrected chi connectivity index (χ1v) is 7.87. The molecule has 1 aliphatic rings. The lowest BCUT2D eigenvalue weighted by Gasteiger charge is -2.26. The Morgan fingerprint density at radius 1 is 1.14 bits per heavy atom. The molecule has 2 aromatic rings. The number of pyridine rings is 1. The molecule has 2 N–H and O–H groups in total. The first kappa shape index (κ1) is 14.3. The van der Waals surface area contributed by atoms with E-state index >= 15 is 0 Å². The molecule has 0 saturated carbocycles. The molecule has 4 nitrogen and oxygen atoms in total. The zero-order valence-electron chi connectivity index (χ0n) is 12.4. The summed E-state index contributed by atoms with van der Waals surface area (Å²) in [6.45, 7) is 5.09. The van der Waals surface area contributed by atoms with Crippen LogP contribution in [0.5, 0.6) is 0 Å². The molecule has 1 saturated heterocycles. The molecular formula is C17H23N3O. The summed E-state index contributed by atoms with van der Waals surface area (Å²) in [6.07, 6.45) is 4.02. The molecule has 112 valence electrons. The van der Waals surface area contributed by atoms with Crippen LogP contribution in [0.1, 0.15) is 24.8 Å². The van der Waals surface area contributed by atoms with Crippen molar-refractivity contribution in [3.05, 3.63) is 46.2 Å². The Hall–Kier alpha value is -1.65. The number of rotatable bonds is 5. The number of aromatic nitrogens is 1. The number of aromatic amines is 1. The van der Waals surface area contributed by atoms with Crippen molar-refractivity contribution >= 4 is 10.9 Å². The fourth-order valence-electron chi connectivity index (χ4n) is 2.97. The van der Waals surface area contributed by atoms with Gasteiger partial charge in [0.15, 0.2) is 0 Å². The average molecular weight is 285 g/mol. The van der Waals surface area contributed by atoms with Gasteiger partial charge in [0, 0.05) is 30.7 Å². The summed E-state index contributed by atoms with van der Waals surface area (Å²) in [4.78, 5) is 17.5. The third-order valence-corrected chi connectivity index (χ3v) is 4.20. The van der Waals surface area contributed by atoms with Crippen LogP contribution < -0.4 is 10.9 Å². The Balaban J connectivity index is 1.55. The number of para-hydroxylation sites is 1. The van der Waals surface area contributed by atoms with E-state index in [0.29, 0.717) is 6.54 Å². The number of hydrogen-bond acceptors (Lipinski definition) is 3.